The Bertz CT molecular complexity index is 1170. The Hall–Kier alpha value is -2.70. The summed E-state index contributed by atoms with van der Waals surface area (Å²) >= 11 is 0. The highest BCUT2D eigenvalue weighted by atomic mass is 32.2. The van der Waals surface area contributed by atoms with Crippen LogP contribution < -0.4 is 0 Å². The van der Waals surface area contributed by atoms with Crippen LogP contribution in [0.2, 0.25) is 0 Å². The predicted molar refractivity (Wildman–Crippen MR) is 125 cm³/mol. The molecule has 1 unspecified atom stereocenters. The van der Waals surface area contributed by atoms with Crippen LogP contribution in [0.3, 0.4) is 0 Å². The molecular weight excluding hydrogens is 424 g/mol. The third kappa shape index (κ3) is 3.61. The predicted octanol–water partition coefficient (Wildman–Crippen LogP) is 4.36. The molecule has 0 aliphatic heterocycles. The molecule has 3 N–H and O–H groups in total. The average Bonchev–Trinajstić information content (AvgIpc) is 2.73. The Morgan fingerprint density at radius 2 is 1.72 bits per heavy atom. The van der Waals surface area contributed by atoms with Crippen LogP contribution in [0.4, 0.5) is 0 Å². The number of rotatable bonds is 4. The molecule has 0 saturated heterocycles. The molecule has 2 aromatic carbocycles. The van der Waals surface area contributed by atoms with Crippen molar-refractivity contribution < 1.29 is 24.3 Å². The normalized spacial score (nSPS) is 22.8. The lowest BCUT2D eigenvalue weighted by atomic mass is 9.70. The minimum absolute atomic E-state index is 0.0224. The van der Waals surface area contributed by atoms with Crippen molar-refractivity contribution in [1.82, 2.24) is 0 Å². The average molecular weight is 453 g/mol. The van der Waals surface area contributed by atoms with Gasteiger partial charge in [-0.25, -0.2) is 0 Å². The minimum atomic E-state index is -1.44. The van der Waals surface area contributed by atoms with E-state index in [0.717, 1.165) is 5.56 Å². The lowest BCUT2D eigenvalue weighted by Crippen LogP contribution is -2.29. The zero-order chi connectivity index (χ0) is 23.4. The van der Waals surface area contributed by atoms with E-state index in [1.807, 2.05) is 45.9 Å². The number of ketones is 1. The number of aliphatic hydroxyl groups is 1. The molecule has 6 heteroatoms. The fourth-order valence-electron chi connectivity index (χ4n) is 4.72. The van der Waals surface area contributed by atoms with E-state index in [1.54, 1.807) is 24.3 Å². The summed E-state index contributed by atoms with van der Waals surface area (Å²) in [5.41, 5.74) is 1.70. The van der Waals surface area contributed by atoms with Crippen molar-refractivity contribution in [2.45, 2.75) is 55.9 Å². The summed E-state index contributed by atoms with van der Waals surface area (Å²) in [6.07, 6.45) is 5.71. The summed E-state index contributed by atoms with van der Waals surface area (Å²) in [7, 11) is -1.44. The fraction of sp³-hybridized carbons (Fsp3) is 0.346. The Labute approximate surface area is 190 Å². The lowest BCUT2D eigenvalue weighted by Gasteiger charge is -2.36. The molecule has 0 heterocycles. The second-order valence-electron chi connectivity index (χ2n) is 9.29. The summed E-state index contributed by atoms with van der Waals surface area (Å²) in [6.45, 7) is 7.53. The first-order chi connectivity index (χ1) is 15.0. The number of fused-ring (bicyclic) bond motifs is 2. The van der Waals surface area contributed by atoms with Gasteiger partial charge in [-0.15, -0.1) is 0 Å². The van der Waals surface area contributed by atoms with Crippen molar-refractivity contribution in [3.63, 3.8) is 0 Å². The Balaban J connectivity index is 1.79. The molecule has 0 spiro atoms. The number of carbonyl (C=O) groups excluding carboxylic acids is 1. The van der Waals surface area contributed by atoms with Gasteiger partial charge in [0, 0.05) is 38.8 Å². The highest BCUT2D eigenvalue weighted by Gasteiger charge is 2.41. The molecule has 0 aromatic heterocycles. The SMILES string of the molecule is Cc1ccc(S(=O)C[C@H](O)[C@@H]2C=C[C@@H](C)c3c(O)c4c(c(O)c32)C(C)(C)C=CC4=O)cc1. The van der Waals surface area contributed by atoms with Crippen LogP contribution in [0.5, 0.6) is 11.5 Å². The van der Waals surface area contributed by atoms with Crippen LogP contribution in [0.1, 0.15) is 65.2 Å². The van der Waals surface area contributed by atoms with E-state index in [2.05, 4.69) is 0 Å². The zero-order valence-electron chi connectivity index (χ0n) is 18.6. The molecule has 2 aliphatic rings. The van der Waals surface area contributed by atoms with Crippen LogP contribution in [0.15, 0.2) is 53.5 Å². The molecule has 4 rings (SSSR count). The third-order valence-electron chi connectivity index (χ3n) is 6.48. The Morgan fingerprint density at radius 1 is 1.06 bits per heavy atom. The van der Waals surface area contributed by atoms with Gasteiger partial charge in [0.25, 0.3) is 0 Å². The van der Waals surface area contributed by atoms with Crippen molar-refractivity contribution in [2.75, 3.05) is 5.75 Å². The van der Waals surface area contributed by atoms with Crippen LogP contribution >= 0.6 is 0 Å². The van der Waals surface area contributed by atoms with E-state index in [9.17, 15) is 24.3 Å². The van der Waals surface area contributed by atoms with Crippen molar-refractivity contribution in [2.24, 2.45) is 0 Å². The number of phenols is 2. The van der Waals surface area contributed by atoms with Crippen LogP contribution in [0, 0.1) is 6.92 Å². The van der Waals surface area contributed by atoms with Gasteiger partial charge in [0.1, 0.15) is 11.5 Å². The van der Waals surface area contributed by atoms with Gasteiger partial charge in [-0.1, -0.05) is 56.7 Å². The first kappa shape index (κ1) is 22.5. The number of hydrogen-bond acceptors (Lipinski definition) is 5. The van der Waals surface area contributed by atoms with E-state index >= 15 is 0 Å². The molecule has 0 saturated carbocycles. The third-order valence-corrected chi connectivity index (χ3v) is 7.92. The molecule has 5 nitrogen and oxygen atoms in total. The van der Waals surface area contributed by atoms with E-state index in [4.69, 9.17) is 0 Å². The number of benzene rings is 2. The van der Waals surface area contributed by atoms with E-state index in [-0.39, 0.29) is 34.5 Å². The summed E-state index contributed by atoms with van der Waals surface area (Å²) in [5.74, 6) is -1.53. The number of phenolic OH excluding ortho intramolecular Hbond substituents is 2. The second kappa shape index (κ2) is 8.01. The topological polar surface area (TPSA) is 94.8 Å². The molecule has 0 radical (unpaired) electrons. The molecular formula is C26H28O5S. The van der Waals surface area contributed by atoms with Crippen LogP contribution in [-0.4, -0.2) is 37.2 Å². The van der Waals surface area contributed by atoms with Gasteiger partial charge in [0.05, 0.1) is 28.2 Å². The standard InChI is InChI=1S/C26H28O5S/c1-14-5-8-16(9-6-14)32(31)13-19(28)17-10-7-15(2)20-21(17)25(30)23-22(24(20)29)18(27)11-12-26(23,3)4/h5-12,15,17,19,28-30H,13H2,1-4H3/t15-,17+,19+,32?/m1/s1. The smallest absolute Gasteiger partial charge is 0.189 e. The summed E-state index contributed by atoms with van der Waals surface area (Å²) in [5, 5.41) is 33.6. The van der Waals surface area contributed by atoms with Crippen molar-refractivity contribution in [1.29, 1.82) is 0 Å². The first-order valence-electron chi connectivity index (χ1n) is 10.7. The van der Waals surface area contributed by atoms with Crippen molar-refractivity contribution in [3.05, 3.63) is 76.4 Å². The van der Waals surface area contributed by atoms with Crippen molar-refractivity contribution >= 4 is 16.6 Å². The van der Waals surface area contributed by atoms with E-state index in [0.29, 0.717) is 21.6 Å². The lowest BCUT2D eigenvalue weighted by molar-refractivity contribution is 0.103. The van der Waals surface area contributed by atoms with Crippen LogP contribution in [-0.2, 0) is 16.2 Å². The molecule has 32 heavy (non-hydrogen) atoms. The van der Waals surface area contributed by atoms with Gasteiger partial charge < -0.3 is 15.3 Å². The highest BCUT2D eigenvalue weighted by Crippen LogP contribution is 2.53. The maximum absolute atomic E-state index is 12.9. The summed E-state index contributed by atoms with van der Waals surface area (Å²) < 4.78 is 12.9. The minimum Gasteiger partial charge on any atom is -0.507 e. The molecule has 2 aromatic rings. The Morgan fingerprint density at radius 3 is 2.38 bits per heavy atom. The molecule has 0 fully saturated rings. The molecule has 2 aliphatic carbocycles. The number of allylic oxidation sites excluding steroid dienone is 3. The molecule has 4 atom stereocenters. The largest absolute Gasteiger partial charge is 0.507 e. The maximum Gasteiger partial charge on any atom is 0.189 e. The Kier molecular flexibility index (Phi) is 5.63. The van der Waals surface area contributed by atoms with Crippen molar-refractivity contribution in [3.8, 4) is 11.5 Å². The number of carbonyl (C=O) groups is 1. The first-order valence-corrected chi connectivity index (χ1v) is 12.0. The number of aliphatic hydroxyl groups excluding tert-OH is 1. The molecule has 168 valence electrons. The maximum atomic E-state index is 12.9. The number of aromatic hydroxyl groups is 2. The molecule has 0 bridgehead atoms. The van der Waals surface area contributed by atoms with Gasteiger partial charge in [-0.2, -0.15) is 0 Å². The molecule has 0 amide bonds. The van der Waals surface area contributed by atoms with Gasteiger partial charge in [-0.05, 0) is 25.1 Å². The quantitative estimate of drug-likeness (QED) is 0.473. The monoisotopic (exact) mass is 452 g/mol. The van der Waals surface area contributed by atoms with Crippen LogP contribution in [0.25, 0.3) is 0 Å². The second-order valence-corrected chi connectivity index (χ2v) is 10.8. The van der Waals surface area contributed by atoms with Gasteiger partial charge >= 0.3 is 0 Å². The zero-order valence-corrected chi connectivity index (χ0v) is 19.4. The number of hydrogen-bond donors (Lipinski definition) is 3. The van der Waals surface area contributed by atoms with Gasteiger partial charge in [0.2, 0.25) is 0 Å². The van der Waals surface area contributed by atoms with Gasteiger partial charge in [0.15, 0.2) is 5.78 Å². The van der Waals surface area contributed by atoms with E-state index in [1.165, 1.54) is 6.08 Å². The summed E-state index contributed by atoms with van der Waals surface area (Å²) in [6, 6.07) is 7.32. The highest BCUT2D eigenvalue weighted by molar-refractivity contribution is 7.85. The van der Waals surface area contributed by atoms with E-state index < -0.39 is 28.2 Å². The number of aryl methyl sites for hydroxylation is 1. The fourth-order valence-corrected chi connectivity index (χ4v) is 5.87. The summed E-state index contributed by atoms with van der Waals surface area (Å²) in [4.78, 5) is 13.2. The van der Waals surface area contributed by atoms with Gasteiger partial charge in [-0.3, -0.25) is 9.00 Å².